The summed E-state index contributed by atoms with van der Waals surface area (Å²) in [5, 5.41) is 9.46. The Bertz CT molecular complexity index is 776. The quantitative estimate of drug-likeness (QED) is 0.679. The van der Waals surface area contributed by atoms with Crippen molar-refractivity contribution >= 4 is 44.0 Å². The van der Waals surface area contributed by atoms with Crippen LogP contribution in [0.1, 0.15) is 22.9 Å². The molecule has 0 saturated heterocycles. The lowest BCUT2D eigenvalue weighted by atomic mass is 10.0. The molecule has 0 radical (unpaired) electrons. The largest absolute Gasteiger partial charge is 0.324 e. The molecule has 2 aromatic rings. The zero-order valence-corrected chi connectivity index (χ0v) is 16.2. The van der Waals surface area contributed by atoms with E-state index in [-0.39, 0.29) is 12.6 Å². The van der Waals surface area contributed by atoms with E-state index < -0.39 is 0 Å². The second kappa shape index (κ2) is 8.07. The number of likely N-dealkylation sites (N-methyl/N-ethyl adjacent to an activating group) is 1. The van der Waals surface area contributed by atoms with E-state index in [0.29, 0.717) is 5.69 Å². The number of nitroso groups, excluding NO2 is 1. The number of rotatable bonds is 5. The van der Waals surface area contributed by atoms with Gasteiger partial charge < -0.3 is 5.32 Å². The first-order valence-corrected chi connectivity index (χ1v) is 9.70. The van der Waals surface area contributed by atoms with Crippen LogP contribution in [0.5, 0.6) is 0 Å². The molecule has 0 atom stereocenters. The number of urea groups is 1. The summed E-state index contributed by atoms with van der Waals surface area (Å²) in [7, 11) is 0. The standard InChI is InChI=1S/C17H19BrN4O2S/c1-2-22-8-7-13-14(9-19-24)16(25-15(13)10-22)21-17(23)20-12-5-3-11(18)4-6-12/h3-6H,2,7-10H2,1H3,(H2,20,21,23). The third-order valence-electron chi connectivity index (χ3n) is 4.24. The molecule has 0 spiro atoms. The van der Waals surface area contributed by atoms with E-state index in [0.717, 1.165) is 41.1 Å². The number of carbonyl (C=O) groups is 1. The summed E-state index contributed by atoms with van der Waals surface area (Å²) < 4.78 is 0.948. The molecular formula is C17H19BrN4O2S. The van der Waals surface area contributed by atoms with Crippen molar-refractivity contribution in [1.29, 1.82) is 0 Å². The van der Waals surface area contributed by atoms with E-state index in [2.05, 4.69) is 43.6 Å². The maximum Gasteiger partial charge on any atom is 0.324 e. The van der Waals surface area contributed by atoms with Crippen LogP contribution in [0.3, 0.4) is 0 Å². The lowest BCUT2D eigenvalue weighted by Gasteiger charge is -2.25. The Kier molecular flexibility index (Phi) is 5.82. The second-order valence-electron chi connectivity index (χ2n) is 5.80. The first-order chi connectivity index (χ1) is 12.1. The van der Waals surface area contributed by atoms with Gasteiger partial charge in [0.1, 0.15) is 11.5 Å². The molecule has 1 aliphatic heterocycles. The molecule has 6 nitrogen and oxygen atoms in total. The van der Waals surface area contributed by atoms with Gasteiger partial charge in [-0.1, -0.05) is 28.0 Å². The summed E-state index contributed by atoms with van der Waals surface area (Å²) in [4.78, 5) is 26.7. The highest BCUT2D eigenvalue weighted by molar-refractivity contribution is 9.10. The number of benzene rings is 1. The minimum atomic E-state index is -0.319. The van der Waals surface area contributed by atoms with E-state index >= 15 is 0 Å². The Balaban J connectivity index is 1.77. The molecule has 25 heavy (non-hydrogen) atoms. The maximum atomic E-state index is 12.3. The second-order valence-corrected chi connectivity index (χ2v) is 7.82. The Morgan fingerprint density at radius 2 is 2.08 bits per heavy atom. The predicted octanol–water partition coefficient (Wildman–Crippen LogP) is 4.80. The van der Waals surface area contributed by atoms with Crippen LogP contribution < -0.4 is 10.6 Å². The van der Waals surface area contributed by atoms with E-state index in [1.807, 2.05) is 24.3 Å². The van der Waals surface area contributed by atoms with Crippen LogP contribution in [-0.2, 0) is 19.5 Å². The molecule has 1 aliphatic rings. The number of nitrogens with zero attached hydrogens (tertiary/aromatic N) is 2. The Morgan fingerprint density at radius 1 is 1.32 bits per heavy atom. The van der Waals surface area contributed by atoms with Gasteiger partial charge in [0.05, 0.1) is 0 Å². The van der Waals surface area contributed by atoms with Crippen LogP contribution in [0.25, 0.3) is 0 Å². The molecular weight excluding hydrogens is 404 g/mol. The number of hydrogen-bond donors (Lipinski definition) is 2. The van der Waals surface area contributed by atoms with Crippen molar-refractivity contribution in [3.8, 4) is 0 Å². The van der Waals surface area contributed by atoms with Crippen LogP contribution >= 0.6 is 27.3 Å². The molecule has 0 aliphatic carbocycles. The number of halogens is 1. The summed E-state index contributed by atoms with van der Waals surface area (Å²) in [5.41, 5.74) is 2.74. The summed E-state index contributed by atoms with van der Waals surface area (Å²) in [6.45, 7) is 5.05. The molecule has 2 heterocycles. The fraction of sp³-hybridized carbons (Fsp3) is 0.353. The smallest absolute Gasteiger partial charge is 0.308 e. The van der Waals surface area contributed by atoms with Gasteiger partial charge in [-0.3, -0.25) is 10.2 Å². The van der Waals surface area contributed by atoms with Gasteiger partial charge in [0.2, 0.25) is 0 Å². The van der Waals surface area contributed by atoms with Crippen molar-refractivity contribution < 1.29 is 4.79 Å². The van der Waals surface area contributed by atoms with E-state index in [1.54, 1.807) is 11.3 Å². The molecule has 3 rings (SSSR count). The van der Waals surface area contributed by atoms with Crippen LogP contribution in [0.2, 0.25) is 0 Å². The molecule has 0 fully saturated rings. The Morgan fingerprint density at radius 3 is 2.76 bits per heavy atom. The monoisotopic (exact) mass is 422 g/mol. The summed E-state index contributed by atoms with van der Waals surface area (Å²) >= 11 is 4.91. The highest BCUT2D eigenvalue weighted by atomic mass is 79.9. The average Bonchev–Trinajstić information content (AvgIpc) is 2.93. The van der Waals surface area contributed by atoms with Crippen molar-refractivity contribution in [2.75, 3.05) is 23.7 Å². The molecule has 8 heteroatoms. The normalized spacial score (nSPS) is 14.0. The predicted molar refractivity (Wildman–Crippen MR) is 105 cm³/mol. The molecule has 0 unspecified atom stereocenters. The Hall–Kier alpha value is -1.77. The lowest BCUT2D eigenvalue weighted by Crippen LogP contribution is -2.29. The molecule has 2 amide bonds. The van der Waals surface area contributed by atoms with E-state index in [1.165, 1.54) is 10.4 Å². The molecule has 0 saturated carbocycles. The molecule has 1 aromatic carbocycles. The summed E-state index contributed by atoms with van der Waals surface area (Å²) in [6, 6.07) is 7.04. The molecule has 1 aromatic heterocycles. The van der Waals surface area contributed by atoms with Gasteiger partial charge in [0.25, 0.3) is 0 Å². The molecule has 2 N–H and O–H groups in total. The highest BCUT2D eigenvalue weighted by Crippen LogP contribution is 2.37. The SMILES string of the molecule is CCN1CCc2c(sc(NC(=O)Nc3ccc(Br)cc3)c2CN=O)C1. The number of fused-ring (bicyclic) bond motifs is 1. The van der Waals surface area contributed by atoms with Crippen molar-refractivity contribution in [3.63, 3.8) is 0 Å². The van der Waals surface area contributed by atoms with Crippen LogP contribution in [0, 0.1) is 4.91 Å². The number of thiophene rings is 1. The van der Waals surface area contributed by atoms with Crippen molar-refractivity contribution in [1.82, 2.24) is 4.90 Å². The van der Waals surface area contributed by atoms with Crippen LogP contribution in [0.4, 0.5) is 15.5 Å². The highest BCUT2D eigenvalue weighted by Gasteiger charge is 2.24. The van der Waals surface area contributed by atoms with Gasteiger partial charge >= 0.3 is 6.03 Å². The van der Waals surface area contributed by atoms with Gasteiger partial charge in [-0.2, -0.15) is 4.91 Å². The van der Waals surface area contributed by atoms with Gasteiger partial charge in [0.15, 0.2) is 0 Å². The van der Waals surface area contributed by atoms with E-state index in [4.69, 9.17) is 0 Å². The lowest BCUT2D eigenvalue weighted by molar-refractivity contribution is 0.262. The zero-order chi connectivity index (χ0) is 17.8. The first-order valence-electron chi connectivity index (χ1n) is 8.09. The van der Waals surface area contributed by atoms with Gasteiger partial charge in [-0.15, -0.1) is 11.3 Å². The molecule has 132 valence electrons. The number of nitrogens with one attached hydrogen (secondary N) is 2. The van der Waals surface area contributed by atoms with Crippen LogP contribution in [0.15, 0.2) is 33.9 Å². The number of amides is 2. The number of anilines is 2. The minimum absolute atomic E-state index is 0.0891. The number of hydrogen-bond acceptors (Lipinski definition) is 5. The van der Waals surface area contributed by atoms with Crippen molar-refractivity contribution in [2.45, 2.75) is 26.4 Å². The van der Waals surface area contributed by atoms with Gasteiger partial charge in [0, 0.05) is 33.7 Å². The third-order valence-corrected chi connectivity index (χ3v) is 5.95. The zero-order valence-electron chi connectivity index (χ0n) is 13.8. The van der Waals surface area contributed by atoms with Crippen LogP contribution in [-0.4, -0.2) is 24.0 Å². The molecule has 0 bridgehead atoms. The summed E-state index contributed by atoms with van der Waals surface area (Å²) in [5.74, 6) is 0. The topological polar surface area (TPSA) is 73.8 Å². The maximum absolute atomic E-state index is 12.3. The third kappa shape index (κ3) is 4.26. The first kappa shape index (κ1) is 18.0. The van der Waals surface area contributed by atoms with Gasteiger partial charge in [-0.05, 0) is 42.8 Å². The van der Waals surface area contributed by atoms with Gasteiger partial charge in [-0.25, -0.2) is 4.79 Å². The average molecular weight is 423 g/mol. The Labute approximate surface area is 158 Å². The fourth-order valence-corrected chi connectivity index (χ4v) is 4.48. The van der Waals surface area contributed by atoms with Crippen molar-refractivity contribution in [2.24, 2.45) is 5.18 Å². The van der Waals surface area contributed by atoms with E-state index in [9.17, 15) is 9.70 Å². The van der Waals surface area contributed by atoms with Crippen molar-refractivity contribution in [3.05, 3.63) is 49.6 Å². The fourth-order valence-electron chi connectivity index (χ4n) is 2.92. The summed E-state index contributed by atoms with van der Waals surface area (Å²) in [6.07, 6.45) is 0.889. The minimum Gasteiger partial charge on any atom is -0.308 e. The number of carbonyl (C=O) groups excluding carboxylic acids is 1.